The smallest absolute Gasteiger partial charge is 0.254 e. The molecule has 3 amide bonds. The first-order chi connectivity index (χ1) is 19.2. The maximum atomic E-state index is 13.5. The van der Waals surface area contributed by atoms with Crippen LogP contribution in [0.2, 0.25) is 0 Å². The minimum absolute atomic E-state index is 0.0743. The summed E-state index contributed by atoms with van der Waals surface area (Å²) < 4.78 is 14.3. The Labute approximate surface area is 235 Å². The molecule has 1 fully saturated rings. The van der Waals surface area contributed by atoms with E-state index >= 15 is 0 Å². The van der Waals surface area contributed by atoms with Gasteiger partial charge in [-0.25, -0.2) is 4.98 Å². The Balaban J connectivity index is 1.22. The lowest BCUT2D eigenvalue weighted by Gasteiger charge is -2.32. The third-order valence-electron chi connectivity index (χ3n) is 7.61. The van der Waals surface area contributed by atoms with Gasteiger partial charge in [-0.3, -0.25) is 14.4 Å². The molecule has 1 saturated heterocycles. The van der Waals surface area contributed by atoms with E-state index in [1.165, 1.54) is 11.3 Å². The summed E-state index contributed by atoms with van der Waals surface area (Å²) in [7, 11) is -2.49. The van der Waals surface area contributed by atoms with Crippen molar-refractivity contribution >= 4 is 51.7 Å². The summed E-state index contributed by atoms with van der Waals surface area (Å²) in [5, 5.41) is 1.64. The summed E-state index contributed by atoms with van der Waals surface area (Å²) in [5.74, 6) is -0.880. The van der Waals surface area contributed by atoms with Gasteiger partial charge >= 0.3 is 0 Å². The number of nitrogens with two attached hydrogens (primary N) is 1. The van der Waals surface area contributed by atoms with Crippen molar-refractivity contribution < 1.29 is 18.9 Å². The van der Waals surface area contributed by atoms with Crippen LogP contribution in [0.3, 0.4) is 0 Å². The van der Waals surface area contributed by atoms with E-state index in [0.717, 1.165) is 31.7 Å². The van der Waals surface area contributed by atoms with Crippen LogP contribution >= 0.6 is 18.5 Å². The molecular weight excluding hydrogens is 543 g/mol. The molecule has 2 aliphatic rings. The van der Waals surface area contributed by atoms with Crippen molar-refractivity contribution in [1.82, 2.24) is 14.8 Å². The quantitative estimate of drug-likeness (QED) is 0.277. The summed E-state index contributed by atoms with van der Waals surface area (Å²) in [6.45, 7) is 5.00. The molecule has 2 N–H and O–H groups in total. The number of benzene rings is 3. The minimum atomic E-state index is -2.49. The van der Waals surface area contributed by atoms with Crippen LogP contribution < -0.4 is 11.0 Å². The zero-order chi connectivity index (χ0) is 28.0. The van der Waals surface area contributed by atoms with Crippen molar-refractivity contribution in [2.75, 3.05) is 32.0 Å². The van der Waals surface area contributed by atoms with Gasteiger partial charge in [-0.1, -0.05) is 49.0 Å². The van der Waals surface area contributed by atoms with Crippen LogP contribution in [0.25, 0.3) is 20.8 Å². The number of primary amides is 1. The highest BCUT2D eigenvalue weighted by molar-refractivity contribution is 7.71. The van der Waals surface area contributed by atoms with Gasteiger partial charge in [0.05, 0.1) is 16.8 Å². The summed E-state index contributed by atoms with van der Waals surface area (Å²) in [5.41, 5.74) is 9.10. The van der Waals surface area contributed by atoms with Gasteiger partial charge in [0.25, 0.3) is 11.8 Å². The van der Waals surface area contributed by atoms with Gasteiger partial charge in [0.2, 0.25) is 5.91 Å². The van der Waals surface area contributed by atoms with Crippen LogP contribution in [0.1, 0.15) is 26.3 Å². The molecule has 0 bridgehead atoms. The predicted molar refractivity (Wildman–Crippen MR) is 157 cm³/mol. The van der Waals surface area contributed by atoms with Crippen molar-refractivity contribution in [1.29, 1.82) is 0 Å². The molecule has 0 aliphatic carbocycles. The number of hydrogen-bond donors (Lipinski definition) is 1. The van der Waals surface area contributed by atoms with Crippen LogP contribution in [0.15, 0.2) is 78.9 Å². The van der Waals surface area contributed by atoms with Crippen LogP contribution in [-0.2, 0) is 15.9 Å². The Morgan fingerprint density at radius 3 is 2.45 bits per heavy atom. The summed E-state index contributed by atoms with van der Waals surface area (Å²) >= 11 is 1.47. The van der Waals surface area contributed by atoms with Crippen LogP contribution in [0.5, 0.6) is 0 Å². The van der Waals surface area contributed by atoms with E-state index in [-0.39, 0.29) is 23.9 Å². The molecule has 6 rings (SSSR count). The minimum Gasteiger partial charge on any atom is -0.366 e. The Hall–Kier alpha value is -4.07. The number of rotatable bonds is 6. The van der Waals surface area contributed by atoms with E-state index in [1.807, 2.05) is 54.6 Å². The molecule has 3 heterocycles. The maximum Gasteiger partial charge on any atom is 0.254 e. The highest BCUT2D eigenvalue weighted by atomic mass is 32.1. The molecule has 10 heteroatoms. The first-order valence-electron chi connectivity index (χ1n) is 13.0. The van der Waals surface area contributed by atoms with E-state index in [9.17, 15) is 18.9 Å². The maximum absolute atomic E-state index is 13.5. The zero-order valence-electron chi connectivity index (χ0n) is 21.7. The van der Waals surface area contributed by atoms with E-state index < -0.39 is 13.0 Å². The van der Waals surface area contributed by atoms with Crippen LogP contribution in [0, 0.1) is 0 Å². The van der Waals surface area contributed by atoms with Crippen LogP contribution in [0.4, 0.5) is 0 Å². The van der Waals surface area contributed by atoms with Gasteiger partial charge in [0, 0.05) is 59.5 Å². The molecule has 202 valence electrons. The third kappa shape index (κ3) is 4.65. The van der Waals surface area contributed by atoms with Gasteiger partial charge in [-0.05, 0) is 29.8 Å². The van der Waals surface area contributed by atoms with Crippen molar-refractivity contribution in [2.45, 2.75) is 6.54 Å². The molecule has 1 aromatic heterocycles. The second-order valence-electron chi connectivity index (χ2n) is 10.1. The fourth-order valence-corrected chi connectivity index (χ4v) is 8.97. The Morgan fingerprint density at radius 2 is 1.73 bits per heavy atom. The second kappa shape index (κ2) is 10.2. The van der Waals surface area contributed by atoms with Crippen molar-refractivity contribution in [3.05, 3.63) is 95.6 Å². The molecule has 0 spiro atoms. The van der Waals surface area contributed by atoms with E-state index in [1.54, 1.807) is 21.9 Å². The largest absolute Gasteiger partial charge is 0.366 e. The number of hydrogen-bond acceptors (Lipinski definition) is 6. The fourth-order valence-electron chi connectivity index (χ4n) is 5.33. The molecule has 3 aromatic carbocycles. The van der Waals surface area contributed by atoms with Gasteiger partial charge in [-0.2, -0.15) is 0 Å². The molecule has 0 saturated carbocycles. The fraction of sp³-hybridized carbons (Fsp3) is 0.200. The number of amides is 3. The Morgan fingerprint density at radius 1 is 1.00 bits per heavy atom. The average molecular weight is 571 g/mol. The lowest BCUT2D eigenvalue weighted by atomic mass is 10.0. The molecule has 2 aliphatic heterocycles. The summed E-state index contributed by atoms with van der Waals surface area (Å²) in [6, 6.07) is 20.6. The van der Waals surface area contributed by atoms with Crippen molar-refractivity contribution in [2.24, 2.45) is 5.73 Å². The molecular formula is C30H27N4O4PS. The van der Waals surface area contributed by atoms with E-state index in [4.69, 9.17) is 10.7 Å². The molecule has 4 aromatic rings. The highest BCUT2D eigenvalue weighted by Crippen LogP contribution is 2.46. The highest BCUT2D eigenvalue weighted by Gasteiger charge is 2.33. The summed E-state index contributed by atoms with van der Waals surface area (Å²) in [4.78, 5) is 45.9. The number of nitrogens with zero attached hydrogens (tertiary/aromatic N) is 3. The van der Waals surface area contributed by atoms with Crippen molar-refractivity contribution in [3.8, 4) is 10.6 Å². The molecule has 0 radical (unpaired) electrons. The lowest BCUT2D eigenvalue weighted by Crippen LogP contribution is -2.41. The normalized spacial score (nSPS) is 16.2. The standard InChI is InChI=1S/C30H27N4O4PS/c1-19(27(31)35)17-34-18-24-22(8-5-9-23(24)30(34)37)28-32-25-11-10-20(16-26(25)40-28)29(36)33-12-14-39(38,15-13-33)21-6-3-2-4-7-21/h2-11,16H,1,12-15,17-18H2,(H2,31,35). The number of carbonyl (C=O) groups is 3. The number of fused-ring (bicyclic) bond motifs is 2. The number of aromatic nitrogens is 1. The first-order valence-corrected chi connectivity index (χ1v) is 15.9. The molecule has 40 heavy (non-hydrogen) atoms. The Kier molecular flexibility index (Phi) is 6.64. The number of carbonyl (C=O) groups excluding carboxylic acids is 3. The van der Waals surface area contributed by atoms with E-state index in [0.29, 0.717) is 43.1 Å². The summed E-state index contributed by atoms with van der Waals surface area (Å²) in [6.07, 6.45) is 0.967. The van der Waals surface area contributed by atoms with Gasteiger partial charge in [0.1, 0.15) is 12.1 Å². The van der Waals surface area contributed by atoms with Gasteiger partial charge in [-0.15, -0.1) is 11.3 Å². The second-order valence-corrected chi connectivity index (χ2v) is 14.3. The molecule has 0 unspecified atom stereocenters. The molecule has 0 atom stereocenters. The third-order valence-corrected chi connectivity index (χ3v) is 11.8. The monoisotopic (exact) mass is 570 g/mol. The SMILES string of the molecule is C=C(CN1Cc2c(cccc2-c2nc3ccc(C(=O)N4CCP(=O)(c5ccccc5)CC4)cc3s2)C1=O)C(N)=O. The van der Waals surface area contributed by atoms with Crippen molar-refractivity contribution in [3.63, 3.8) is 0 Å². The zero-order valence-corrected chi connectivity index (χ0v) is 23.4. The van der Waals surface area contributed by atoms with Gasteiger partial charge < -0.3 is 20.1 Å². The first kappa shape index (κ1) is 26.2. The Bertz CT molecular complexity index is 1740. The average Bonchev–Trinajstić information content (AvgIpc) is 3.53. The number of thiazole rings is 1. The van der Waals surface area contributed by atoms with Crippen LogP contribution in [-0.4, -0.2) is 64.5 Å². The predicted octanol–water partition coefficient (Wildman–Crippen LogP) is 4.11. The van der Waals surface area contributed by atoms with E-state index in [2.05, 4.69) is 6.58 Å². The van der Waals surface area contributed by atoms with Gasteiger partial charge in [0.15, 0.2) is 0 Å². The molecule has 8 nitrogen and oxygen atoms in total. The topological polar surface area (TPSA) is 114 Å². The lowest BCUT2D eigenvalue weighted by molar-refractivity contribution is -0.114.